The summed E-state index contributed by atoms with van der Waals surface area (Å²) in [6, 6.07) is 8.30. The van der Waals surface area contributed by atoms with Crippen LogP contribution in [0.1, 0.15) is 11.5 Å². The summed E-state index contributed by atoms with van der Waals surface area (Å²) in [7, 11) is 0. The second-order valence-electron chi connectivity index (χ2n) is 5.72. The molecule has 6 nitrogen and oxygen atoms in total. The van der Waals surface area contributed by atoms with Gasteiger partial charge in [-0.15, -0.1) is 0 Å². The fourth-order valence-electron chi connectivity index (χ4n) is 2.69. The summed E-state index contributed by atoms with van der Waals surface area (Å²) >= 11 is 0. The second-order valence-corrected chi connectivity index (χ2v) is 5.72. The maximum absolute atomic E-state index is 12.0. The van der Waals surface area contributed by atoms with Crippen molar-refractivity contribution in [3.05, 3.63) is 35.9 Å². The standard InChI is InChI=1S/C15H19F3N4O2/c16-15(17,18)9-20-14(24)21-13(23)8-22-6-11(12(19)7-22)10-4-2-1-3-5-10/h1-5,11-12H,6-9,19H2,(H2,20,21,23,24)/t11-,12+/m0/s1. The quantitative estimate of drug-likeness (QED) is 0.754. The van der Waals surface area contributed by atoms with E-state index in [1.165, 1.54) is 0 Å². The normalized spacial score (nSPS) is 21.5. The summed E-state index contributed by atoms with van der Waals surface area (Å²) in [5.74, 6) is -0.603. The molecule has 2 rings (SSSR count). The molecule has 0 bridgehead atoms. The lowest BCUT2D eigenvalue weighted by molar-refractivity contribution is -0.125. The Bertz CT molecular complexity index is 580. The van der Waals surface area contributed by atoms with E-state index < -0.39 is 24.7 Å². The molecule has 9 heteroatoms. The molecule has 1 aliphatic rings. The minimum atomic E-state index is -4.52. The van der Waals surface area contributed by atoms with Crippen LogP contribution in [0.4, 0.5) is 18.0 Å². The molecule has 24 heavy (non-hydrogen) atoms. The predicted molar refractivity (Wildman–Crippen MR) is 81.2 cm³/mol. The van der Waals surface area contributed by atoms with Crippen LogP contribution >= 0.6 is 0 Å². The lowest BCUT2D eigenvalue weighted by Gasteiger charge is -2.16. The summed E-state index contributed by atoms with van der Waals surface area (Å²) in [6.07, 6.45) is -4.52. The van der Waals surface area contributed by atoms with Crippen LogP contribution in [0.5, 0.6) is 0 Å². The fraction of sp³-hybridized carbons (Fsp3) is 0.467. The number of likely N-dealkylation sites (tertiary alicyclic amines) is 1. The smallest absolute Gasteiger partial charge is 0.329 e. The molecule has 1 fully saturated rings. The van der Waals surface area contributed by atoms with Crippen LogP contribution in [0, 0.1) is 0 Å². The SMILES string of the molecule is N[C@@H]1CN(CC(=O)NC(=O)NCC(F)(F)F)C[C@H]1c1ccccc1. The molecule has 0 aromatic heterocycles. The van der Waals surface area contributed by atoms with Crippen LogP contribution in [-0.2, 0) is 4.79 Å². The first kappa shape index (κ1) is 18.2. The van der Waals surface area contributed by atoms with E-state index >= 15 is 0 Å². The van der Waals surface area contributed by atoms with Gasteiger partial charge in [-0.1, -0.05) is 30.3 Å². The monoisotopic (exact) mass is 344 g/mol. The Kier molecular flexibility index (Phi) is 5.79. The van der Waals surface area contributed by atoms with Crippen LogP contribution in [-0.4, -0.2) is 55.2 Å². The third kappa shape index (κ3) is 5.50. The Morgan fingerprint density at radius 3 is 2.50 bits per heavy atom. The average Bonchev–Trinajstić information content (AvgIpc) is 2.85. The molecule has 1 aliphatic heterocycles. The molecular weight excluding hydrogens is 325 g/mol. The van der Waals surface area contributed by atoms with E-state index in [9.17, 15) is 22.8 Å². The predicted octanol–water partition coefficient (Wildman–Crippen LogP) is 0.801. The lowest BCUT2D eigenvalue weighted by atomic mass is 9.95. The van der Waals surface area contributed by atoms with E-state index in [-0.39, 0.29) is 18.5 Å². The minimum Gasteiger partial charge on any atom is -0.329 e. The molecule has 0 spiro atoms. The highest BCUT2D eigenvalue weighted by atomic mass is 19.4. The van der Waals surface area contributed by atoms with Gasteiger partial charge in [0.15, 0.2) is 0 Å². The van der Waals surface area contributed by atoms with Gasteiger partial charge in [0.2, 0.25) is 5.91 Å². The minimum absolute atomic E-state index is 0.0676. The molecule has 3 amide bonds. The van der Waals surface area contributed by atoms with Gasteiger partial charge >= 0.3 is 12.2 Å². The summed E-state index contributed by atoms with van der Waals surface area (Å²) in [5, 5.41) is 3.46. The van der Waals surface area contributed by atoms with Crippen molar-refractivity contribution in [1.82, 2.24) is 15.5 Å². The number of hydrogen-bond acceptors (Lipinski definition) is 4. The largest absolute Gasteiger partial charge is 0.405 e. The van der Waals surface area contributed by atoms with Crippen molar-refractivity contribution in [2.75, 3.05) is 26.2 Å². The Morgan fingerprint density at radius 2 is 1.88 bits per heavy atom. The van der Waals surface area contributed by atoms with Gasteiger partial charge in [0.05, 0.1) is 6.54 Å². The number of carbonyl (C=O) groups excluding carboxylic acids is 2. The zero-order valence-corrected chi connectivity index (χ0v) is 12.8. The Balaban J connectivity index is 1.80. The molecule has 0 unspecified atom stereocenters. The summed E-state index contributed by atoms with van der Waals surface area (Å²) < 4.78 is 35.9. The Morgan fingerprint density at radius 1 is 1.21 bits per heavy atom. The van der Waals surface area contributed by atoms with E-state index in [4.69, 9.17) is 5.73 Å². The number of halogens is 3. The molecule has 4 N–H and O–H groups in total. The number of benzene rings is 1. The highest BCUT2D eigenvalue weighted by Gasteiger charge is 2.32. The zero-order valence-electron chi connectivity index (χ0n) is 12.8. The molecule has 0 radical (unpaired) electrons. The number of amides is 3. The summed E-state index contributed by atoms with van der Waals surface area (Å²) in [4.78, 5) is 24.8. The van der Waals surface area contributed by atoms with E-state index in [1.807, 2.05) is 35.6 Å². The molecule has 1 saturated heterocycles. The Labute approximate surface area is 137 Å². The fourth-order valence-corrected chi connectivity index (χ4v) is 2.69. The number of nitrogens with one attached hydrogen (secondary N) is 2. The molecule has 1 aromatic carbocycles. The number of hydrogen-bond donors (Lipinski definition) is 3. The summed E-state index contributed by atoms with van der Waals surface area (Å²) in [5.41, 5.74) is 7.16. The zero-order chi connectivity index (χ0) is 17.7. The van der Waals surface area contributed by atoms with Gasteiger partial charge in [0.1, 0.15) is 6.54 Å². The molecule has 132 valence electrons. The van der Waals surface area contributed by atoms with Crippen LogP contribution in [0.3, 0.4) is 0 Å². The molecule has 0 saturated carbocycles. The average molecular weight is 344 g/mol. The molecular formula is C15H19F3N4O2. The highest BCUT2D eigenvalue weighted by molar-refractivity contribution is 5.95. The van der Waals surface area contributed by atoms with Gasteiger partial charge in [-0.2, -0.15) is 13.2 Å². The van der Waals surface area contributed by atoms with Gasteiger partial charge in [0, 0.05) is 25.0 Å². The van der Waals surface area contributed by atoms with Gasteiger partial charge in [-0.3, -0.25) is 15.0 Å². The first-order valence-corrected chi connectivity index (χ1v) is 7.42. The number of imide groups is 1. The number of rotatable bonds is 4. The number of urea groups is 1. The number of nitrogens with two attached hydrogens (primary N) is 1. The van der Waals surface area contributed by atoms with Gasteiger partial charge in [-0.25, -0.2) is 4.79 Å². The Hall–Kier alpha value is -2.13. The number of alkyl halides is 3. The van der Waals surface area contributed by atoms with Crippen molar-refractivity contribution >= 4 is 11.9 Å². The first-order valence-electron chi connectivity index (χ1n) is 7.42. The van der Waals surface area contributed by atoms with Crippen LogP contribution in [0.2, 0.25) is 0 Å². The number of nitrogens with zero attached hydrogens (tertiary/aromatic N) is 1. The second kappa shape index (κ2) is 7.63. The van der Waals surface area contributed by atoms with Crippen molar-refractivity contribution < 1.29 is 22.8 Å². The number of carbonyl (C=O) groups is 2. The van der Waals surface area contributed by atoms with Gasteiger partial charge in [0.25, 0.3) is 0 Å². The maximum Gasteiger partial charge on any atom is 0.405 e. The van der Waals surface area contributed by atoms with Gasteiger partial charge < -0.3 is 11.1 Å². The molecule has 2 atom stereocenters. The van der Waals surface area contributed by atoms with E-state index in [0.29, 0.717) is 13.1 Å². The molecule has 1 aromatic rings. The lowest BCUT2D eigenvalue weighted by Crippen LogP contribution is -2.46. The third-order valence-corrected chi connectivity index (χ3v) is 3.74. The van der Waals surface area contributed by atoms with Crippen LogP contribution in [0.15, 0.2) is 30.3 Å². The first-order chi connectivity index (χ1) is 11.2. The van der Waals surface area contributed by atoms with Crippen molar-refractivity contribution in [2.45, 2.75) is 18.1 Å². The van der Waals surface area contributed by atoms with E-state index in [2.05, 4.69) is 0 Å². The van der Waals surface area contributed by atoms with Crippen molar-refractivity contribution in [1.29, 1.82) is 0 Å². The topological polar surface area (TPSA) is 87.5 Å². The van der Waals surface area contributed by atoms with Crippen LogP contribution < -0.4 is 16.4 Å². The van der Waals surface area contributed by atoms with Crippen LogP contribution in [0.25, 0.3) is 0 Å². The molecule has 0 aliphatic carbocycles. The van der Waals surface area contributed by atoms with Crippen molar-refractivity contribution in [3.8, 4) is 0 Å². The van der Waals surface area contributed by atoms with E-state index in [1.54, 1.807) is 10.2 Å². The third-order valence-electron chi connectivity index (χ3n) is 3.74. The van der Waals surface area contributed by atoms with Crippen molar-refractivity contribution in [2.24, 2.45) is 5.73 Å². The molecule has 1 heterocycles. The highest BCUT2D eigenvalue weighted by Crippen LogP contribution is 2.25. The summed E-state index contributed by atoms with van der Waals surface area (Å²) in [6.45, 7) is -0.576. The van der Waals surface area contributed by atoms with Crippen molar-refractivity contribution in [3.63, 3.8) is 0 Å². The van der Waals surface area contributed by atoms with Gasteiger partial charge in [-0.05, 0) is 5.56 Å². The maximum atomic E-state index is 12.0. The van der Waals surface area contributed by atoms with E-state index in [0.717, 1.165) is 5.56 Å².